The minimum Gasteiger partial charge on any atom is -0.488 e. The van der Waals surface area contributed by atoms with Crippen LogP contribution < -0.4 is 10.5 Å². The van der Waals surface area contributed by atoms with Gasteiger partial charge in [-0.1, -0.05) is 33.8 Å². The van der Waals surface area contributed by atoms with E-state index in [4.69, 9.17) is 10.5 Å². The molecule has 1 aromatic rings. The number of nitrogens with two attached hydrogens (primary N) is 1. The lowest BCUT2D eigenvalue weighted by atomic mass is 9.84. The molecule has 2 N–H and O–H groups in total. The molecule has 0 heterocycles. The molecule has 18 heavy (non-hydrogen) atoms. The number of aryl methyl sites for hydroxylation is 1. The summed E-state index contributed by atoms with van der Waals surface area (Å²) >= 11 is 0. The Morgan fingerprint density at radius 3 is 2.44 bits per heavy atom. The van der Waals surface area contributed by atoms with Crippen molar-refractivity contribution in [3.8, 4) is 5.75 Å². The van der Waals surface area contributed by atoms with E-state index < -0.39 is 0 Å². The van der Waals surface area contributed by atoms with Crippen molar-refractivity contribution >= 4 is 0 Å². The number of hydrogen-bond donors (Lipinski definition) is 1. The summed E-state index contributed by atoms with van der Waals surface area (Å²) in [6.45, 7) is 10.2. The molecule has 2 atom stereocenters. The molecule has 0 aromatic heterocycles. The number of hydrogen-bond acceptors (Lipinski definition) is 2. The monoisotopic (exact) mass is 253 g/mol. The summed E-state index contributed by atoms with van der Waals surface area (Å²) in [5.41, 5.74) is 6.96. The van der Waals surface area contributed by atoms with Gasteiger partial charge in [-0.05, 0) is 25.0 Å². The van der Waals surface area contributed by atoms with Crippen molar-refractivity contribution < 1.29 is 9.13 Å². The van der Waals surface area contributed by atoms with Crippen LogP contribution in [0, 0.1) is 18.2 Å². The summed E-state index contributed by atoms with van der Waals surface area (Å²) in [7, 11) is 0. The number of ether oxygens (including phenoxy) is 1. The Balaban J connectivity index is 3.00. The van der Waals surface area contributed by atoms with E-state index in [-0.39, 0.29) is 23.4 Å². The largest absolute Gasteiger partial charge is 0.488 e. The normalized spacial score (nSPS) is 15.3. The fourth-order valence-electron chi connectivity index (χ4n) is 1.96. The van der Waals surface area contributed by atoms with Crippen molar-refractivity contribution in [2.45, 2.75) is 53.2 Å². The van der Waals surface area contributed by atoms with Gasteiger partial charge in [-0.25, -0.2) is 4.39 Å². The molecule has 0 radical (unpaired) electrons. The predicted octanol–water partition coefficient (Wildman–Crippen LogP) is 3.66. The van der Waals surface area contributed by atoms with Crippen LogP contribution in [0.15, 0.2) is 18.2 Å². The molecule has 3 heteroatoms. The average Bonchev–Trinajstić information content (AvgIpc) is 2.27. The van der Waals surface area contributed by atoms with Crippen molar-refractivity contribution in [2.75, 3.05) is 0 Å². The summed E-state index contributed by atoms with van der Waals surface area (Å²) in [6.07, 6.45) is 0.694. The molecule has 102 valence electrons. The SMILES string of the molecule is CCC(N)C(Oc1cc(F)ccc1C)C(C)(C)C. The third-order valence-electron chi connectivity index (χ3n) is 3.12. The molecule has 0 aliphatic heterocycles. The average molecular weight is 253 g/mol. The molecule has 1 aromatic carbocycles. The highest BCUT2D eigenvalue weighted by Crippen LogP contribution is 2.29. The fraction of sp³-hybridized carbons (Fsp3) is 0.600. The highest BCUT2D eigenvalue weighted by Gasteiger charge is 2.31. The number of benzene rings is 1. The van der Waals surface area contributed by atoms with Crippen molar-refractivity contribution in [2.24, 2.45) is 11.1 Å². The Bertz CT molecular complexity index is 398. The van der Waals surface area contributed by atoms with Crippen LogP contribution in [-0.2, 0) is 0 Å². The van der Waals surface area contributed by atoms with Gasteiger partial charge >= 0.3 is 0 Å². The molecular formula is C15H24FNO. The minimum absolute atomic E-state index is 0.0623. The third kappa shape index (κ3) is 3.70. The maximum atomic E-state index is 13.3. The van der Waals surface area contributed by atoms with Crippen molar-refractivity contribution in [3.63, 3.8) is 0 Å². The summed E-state index contributed by atoms with van der Waals surface area (Å²) in [5, 5.41) is 0. The Morgan fingerprint density at radius 1 is 1.33 bits per heavy atom. The van der Waals surface area contributed by atoms with Gasteiger partial charge in [0.05, 0.1) is 0 Å². The van der Waals surface area contributed by atoms with Gasteiger partial charge in [-0.3, -0.25) is 0 Å². The van der Waals surface area contributed by atoms with E-state index in [1.165, 1.54) is 12.1 Å². The molecule has 0 fully saturated rings. The van der Waals surface area contributed by atoms with Gasteiger partial charge in [-0.15, -0.1) is 0 Å². The van der Waals surface area contributed by atoms with Gasteiger partial charge in [0.2, 0.25) is 0 Å². The second kappa shape index (κ2) is 5.70. The van der Waals surface area contributed by atoms with E-state index in [9.17, 15) is 4.39 Å². The summed E-state index contributed by atoms with van der Waals surface area (Å²) in [6, 6.07) is 4.53. The van der Waals surface area contributed by atoms with E-state index in [1.807, 2.05) is 13.8 Å². The van der Waals surface area contributed by atoms with Gasteiger partial charge in [0.25, 0.3) is 0 Å². The van der Waals surface area contributed by atoms with E-state index in [1.54, 1.807) is 6.07 Å². The first-order chi connectivity index (χ1) is 8.25. The van der Waals surface area contributed by atoms with E-state index in [2.05, 4.69) is 20.8 Å². The molecule has 0 saturated heterocycles. The Hall–Kier alpha value is -1.09. The zero-order chi connectivity index (χ0) is 13.9. The molecule has 1 rings (SSSR count). The summed E-state index contributed by atoms with van der Waals surface area (Å²) in [4.78, 5) is 0. The van der Waals surface area contributed by atoms with Crippen LogP contribution in [0.2, 0.25) is 0 Å². The number of rotatable bonds is 4. The standard InChI is InChI=1S/C15H24FNO/c1-6-12(17)14(15(3,4)5)18-13-9-11(16)8-7-10(13)2/h7-9,12,14H,6,17H2,1-5H3. The van der Waals surface area contributed by atoms with Gasteiger partial charge in [0.15, 0.2) is 0 Å². The Morgan fingerprint density at radius 2 is 1.94 bits per heavy atom. The van der Waals surface area contributed by atoms with E-state index >= 15 is 0 Å². The zero-order valence-electron chi connectivity index (χ0n) is 12.0. The highest BCUT2D eigenvalue weighted by molar-refractivity contribution is 5.33. The third-order valence-corrected chi connectivity index (χ3v) is 3.12. The van der Waals surface area contributed by atoms with Gasteiger partial charge in [0.1, 0.15) is 17.7 Å². The number of halogens is 1. The van der Waals surface area contributed by atoms with E-state index in [0.29, 0.717) is 5.75 Å². The predicted molar refractivity (Wildman–Crippen MR) is 73.3 cm³/mol. The molecule has 0 aliphatic rings. The Labute approximate surface area is 109 Å². The van der Waals surface area contributed by atoms with Crippen LogP contribution in [0.4, 0.5) is 4.39 Å². The molecule has 2 unspecified atom stereocenters. The highest BCUT2D eigenvalue weighted by atomic mass is 19.1. The molecule has 2 nitrogen and oxygen atoms in total. The molecule has 0 aliphatic carbocycles. The van der Waals surface area contributed by atoms with Crippen LogP contribution in [0.25, 0.3) is 0 Å². The summed E-state index contributed by atoms with van der Waals surface area (Å²) < 4.78 is 19.2. The summed E-state index contributed by atoms with van der Waals surface area (Å²) in [5.74, 6) is 0.298. The van der Waals surface area contributed by atoms with Crippen LogP contribution in [0.1, 0.15) is 39.7 Å². The second-order valence-electron chi connectivity index (χ2n) is 5.89. The first-order valence-corrected chi connectivity index (χ1v) is 6.44. The van der Waals surface area contributed by atoms with Gasteiger partial charge in [0, 0.05) is 17.5 Å². The van der Waals surface area contributed by atoms with Crippen molar-refractivity contribution in [1.29, 1.82) is 0 Å². The lowest BCUT2D eigenvalue weighted by Gasteiger charge is -2.35. The molecule has 0 saturated carbocycles. The molecular weight excluding hydrogens is 229 g/mol. The first-order valence-electron chi connectivity index (χ1n) is 6.44. The quantitative estimate of drug-likeness (QED) is 0.888. The van der Waals surface area contributed by atoms with Crippen molar-refractivity contribution in [1.82, 2.24) is 0 Å². The fourth-order valence-corrected chi connectivity index (χ4v) is 1.96. The second-order valence-corrected chi connectivity index (χ2v) is 5.89. The Kier molecular flexibility index (Phi) is 4.74. The van der Waals surface area contributed by atoms with Crippen LogP contribution in [0.3, 0.4) is 0 Å². The molecule has 0 bridgehead atoms. The van der Waals surface area contributed by atoms with Gasteiger partial charge < -0.3 is 10.5 Å². The van der Waals surface area contributed by atoms with Crippen molar-refractivity contribution in [3.05, 3.63) is 29.6 Å². The van der Waals surface area contributed by atoms with Crippen LogP contribution in [-0.4, -0.2) is 12.1 Å². The maximum Gasteiger partial charge on any atom is 0.126 e. The topological polar surface area (TPSA) is 35.2 Å². The van der Waals surface area contributed by atoms with Gasteiger partial charge in [-0.2, -0.15) is 0 Å². The molecule has 0 amide bonds. The zero-order valence-corrected chi connectivity index (χ0v) is 12.0. The lowest BCUT2D eigenvalue weighted by Crippen LogP contribution is -2.47. The van der Waals surface area contributed by atoms with Crippen LogP contribution in [0.5, 0.6) is 5.75 Å². The first kappa shape index (κ1) is 15.0. The van der Waals surface area contributed by atoms with E-state index in [0.717, 1.165) is 12.0 Å². The molecule has 0 spiro atoms. The van der Waals surface area contributed by atoms with Crippen LogP contribution >= 0.6 is 0 Å². The minimum atomic E-state index is -0.284. The lowest BCUT2D eigenvalue weighted by molar-refractivity contribution is 0.0613. The maximum absolute atomic E-state index is 13.3. The smallest absolute Gasteiger partial charge is 0.126 e.